The van der Waals surface area contributed by atoms with Crippen LogP contribution < -0.4 is 0 Å². The molecule has 2 heterocycles. The Labute approximate surface area is 174 Å². The van der Waals surface area contributed by atoms with Crippen molar-refractivity contribution < 1.29 is 13.7 Å². The van der Waals surface area contributed by atoms with E-state index < -0.39 is 4.92 Å². The monoisotopic (exact) mass is 417 g/mol. The Kier molecular flexibility index (Phi) is 5.20. The van der Waals surface area contributed by atoms with Crippen LogP contribution in [0, 0.1) is 27.3 Å². The predicted octanol–water partition coefficient (Wildman–Crippen LogP) is 6.18. The fourth-order valence-corrected chi connectivity index (χ4v) is 3.65. The van der Waals surface area contributed by atoms with Gasteiger partial charge in [0, 0.05) is 23.1 Å². The first-order chi connectivity index (χ1) is 14.5. The minimum Gasteiger partial charge on any atom is -0.456 e. The summed E-state index contributed by atoms with van der Waals surface area (Å²) in [4.78, 5) is 15.2. The van der Waals surface area contributed by atoms with Crippen molar-refractivity contribution in [3.63, 3.8) is 0 Å². The lowest BCUT2D eigenvalue weighted by Gasteiger charge is -1.99. The molecule has 0 unspecified atom stereocenters. The van der Waals surface area contributed by atoms with E-state index >= 15 is 0 Å². The van der Waals surface area contributed by atoms with Crippen LogP contribution in [0.15, 0.2) is 70.5 Å². The van der Waals surface area contributed by atoms with E-state index in [4.69, 9.17) is 4.42 Å². The van der Waals surface area contributed by atoms with Gasteiger partial charge in [0.25, 0.3) is 5.69 Å². The molecule has 4 aromatic rings. The summed E-state index contributed by atoms with van der Waals surface area (Å²) < 4.78 is 18.8. The van der Waals surface area contributed by atoms with Crippen molar-refractivity contribution in [2.24, 2.45) is 0 Å². The number of hydrogen-bond acceptors (Lipinski definition) is 6. The molecule has 0 atom stereocenters. The Hall–Kier alpha value is -4.09. The minimum atomic E-state index is -0.472. The topological polar surface area (TPSA) is 93.0 Å². The highest BCUT2D eigenvalue weighted by Gasteiger charge is 2.17. The van der Waals surface area contributed by atoms with E-state index in [1.807, 2.05) is 0 Å². The molecule has 0 bridgehead atoms. The Morgan fingerprint density at radius 2 is 1.93 bits per heavy atom. The van der Waals surface area contributed by atoms with Crippen molar-refractivity contribution in [1.82, 2.24) is 4.98 Å². The molecule has 0 radical (unpaired) electrons. The SMILES string of the molecule is N#CC(=Cc1ccc(-c2ccccc2[N+](=O)[O-])o1)c1nc(-c2ccc(F)cc2)cs1. The van der Waals surface area contributed by atoms with Crippen molar-refractivity contribution in [2.75, 3.05) is 0 Å². The molecule has 0 aliphatic heterocycles. The van der Waals surface area contributed by atoms with Crippen molar-refractivity contribution in [1.29, 1.82) is 5.26 Å². The van der Waals surface area contributed by atoms with E-state index in [1.165, 1.54) is 35.6 Å². The second-order valence-corrected chi connectivity index (χ2v) is 7.05. The molecular weight excluding hydrogens is 405 g/mol. The summed E-state index contributed by atoms with van der Waals surface area (Å²) in [6, 6.07) is 17.6. The first-order valence-electron chi connectivity index (χ1n) is 8.72. The summed E-state index contributed by atoms with van der Waals surface area (Å²) >= 11 is 1.28. The summed E-state index contributed by atoms with van der Waals surface area (Å²) in [5.74, 6) is 0.370. The van der Waals surface area contributed by atoms with Gasteiger partial charge in [-0.3, -0.25) is 10.1 Å². The van der Waals surface area contributed by atoms with Crippen molar-refractivity contribution in [3.05, 3.63) is 92.7 Å². The highest BCUT2D eigenvalue weighted by atomic mass is 32.1. The summed E-state index contributed by atoms with van der Waals surface area (Å²) in [6.45, 7) is 0. The minimum absolute atomic E-state index is 0.0632. The van der Waals surface area contributed by atoms with E-state index in [1.54, 1.807) is 47.8 Å². The summed E-state index contributed by atoms with van der Waals surface area (Å²) in [7, 11) is 0. The maximum absolute atomic E-state index is 13.1. The molecule has 30 heavy (non-hydrogen) atoms. The lowest BCUT2D eigenvalue weighted by Crippen LogP contribution is -1.90. The number of halogens is 1. The molecule has 0 N–H and O–H groups in total. The molecule has 4 rings (SSSR count). The molecule has 0 aliphatic carbocycles. The number of benzene rings is 2. The third-order valence-corrected chi connectivity index (χ3v) is 5.15. The molecule has 8 heteroatoms. The van der Waals surface area contributed by atoms with Crippen molar-refractivity contribution in [2.45, 2.75) is 0 Å². The molecule has 6 nitrogen and oxygen atoms in total. The van der Waals surface area contributed by atoms with Crippen LogP contribution in [-0.2, 0) is 0 Å². The Balaban J connectivity index is 1.64. The number of thiazole rings is 1. The summed E-state index contributed by atoms with van der Waals surface area (Å²) in [6.07, 6.45) is 1.53. The van der Waals surface area contributed by atoms with Crippen LogP contribution in [0.4, 0.5) is 10.1 Å². The fraction of sp³-hybridized carbons (Fsp3) is 0. The largest absolute Gasteiger partial charge is 0.456 e. The van der Waals surface area contributed by atoms with Crippen LogP contribution in [0.2, 0.25) is 0 Å². The average molecular weight is 417 g/mol. The lowest BCUT2D eigenvalue weighted by atomic mass is 10.1. The number of nitrogens with zero attached hydrogens (tertiary/aromatic N) is 3. The number of nitro groups is 1. The highest BCUT2D eigenvalue weighted by molar-refractivity contribution is 7.11. The second kappa shape index (κ2) is 8.11. The number of allylic oxidation sites excluding steroid dienone is 1. The number of rotatable bonds is 5. The molecule has 2 aromatic carbocycles. The quantitative estimate of drug-likeness (QED) is 0.219. The Bertz CT molecular complexity index is 1300. The third kappa shape index (κ3) is 3.87. The van der Waals surface area contributed by atoms with E-state index in [0.29, 0.717) is 27.8 Å². The van der Waals surface area contributed by atoms with E-state index in [9.17, 15) is 19.8 Å². The van der Waals surface area contributed by atoms with Crippen molar-refractivity contribution in [3.8, 4) is 28.7 Å². The smallest absolute Gasteiger partial charge is 0.280 e. The summed E-state index contributed by atoms with van der Waals surface area (Å²) in [5, 5.41) is 23.1. The zero-order valence-electron chi connectivity index (χ0n) is 15.3. The van der Waals surface area contributed by atoms with Crippen molar-refractivity contribution >= 4 is 28.7 Å². The molecule has 0 fully saturated rings. The van der Waals surface area contributed by atoms with Gasteiger partial charge in [-0.2, -0.15) is 5.26 Å². The molecule has 0 saturated heterocycles. The van der Waals surface area contributed by atoms with Gasteiger partial charge in [0.05, 0.1) is 21.8 Å². The molecule has 0 aliphatic rings. The maximum atomic E-state index is 13.1. The van der Waals surface area contributed by atoms with E-state index in [-0.39, 0.29) is 17.1 Å². The first-order valence-corrected chi connectivity index (χ1v) is 9.60. The second-order valence-electron chi connectivity index (χ2n) is 6.19. The number of hydrogen-bond donors (Lipinski definition) is 0. The third-order valence-electron chi connectivity index (χ3n) is 4.27. The van der Waals surface area contributed by atoms with Crippen LogP contribution in [0.25, 0.3) is 34.2 Å². The first kappa shape index (κ1) is 19.2. The highest BCUT2D eigenvalue weighted by Crippen LogP contribution is 2.32. The maximum Gasteiger partial charge on any atom is 0.280 e. The number of furan rings is 1. The molecule has 0 saturated carbocycles. The molecule has 0 spiro atoms. The zero-order valence-corrected chi connectivity index (χ0v) is 16.1. The molecular formula is C22H12FN3O3S. The number of aromatic nitrogens is 1. The normalized spacial score (nSPS) is 11.3. The van der Waals surface area contributed by atoms with Gasteiger partial charge in [0.15, 0.2) is 0 Å². The van der Waals surface area contributed by atoms with Gasteiger partial charge in [-0.15, -0.1) is 11.3 Å². The van der Waals surface area contributed by atoms with Crippen LogP contribution in [0.1, 0.15) is 10.8 Å². The average Bonchev–Trinajstić information content (AvgIpc) is 3.42. The standard InChI is InChI=1S/C22H12FN3O3S/c23-16-7-5-14(6-8-16)19-13-30-22(25-19)15(12-24)11-17-9-10-21(29-17)18-3-1-2-4-20(18)26(27)28/h1-11,13H. The lowest BCUT2D eigenvalue weighted by molar-refractivity contribution is -0.384. The molecule has 2 aromatic heterocycles. The van der Waals surface area contributed by atoms with Gasteiger partial charge in [-0.05, 0) is 42.5 Å². The van der Waals surface area contributed by atoms with E-state index in [2.05, 4.69) is 11.1 Å². The van der Waals surface area contributed by atoms with Crippen LogP contribution >= 0.6 is 11.3 Å². The van der Waals surface area contributed by atoms with Gasteiger partial charge in [0.2, 0.25) is 0 Å². The Morgan fingerprint density at radius 3 is 2.67 bits per heavy atom. The number of nitro benzene ring substituents is 1. The van der Waals surface area contributed by atoms with Gasteiger partial charge in [-0.1, -0.05) is 12.1 Å². The van der Waals surface area contributed by atoms with Crippen LogP contribution in [0.3, 0.4) is 0 Å². The van der Waals surface area contributed by atoms with Gasteiger partial charge >= 0.3 is 0 Å². The number of nitriles is 1. The van der Waals surface area contributed by atoms with Crippen LogP contribution in [0.5, 0.6) is 0 Å². The summed E-state index contributed by atoms with van der Waals surface area (Å²) in [5.41, 5.74) is 1.96. The molecule has 146 valence electrons. The Morgan fingerprint density at radius 1 is 1.17 bits per heavy atom. The van der Waals surface area contributed by atoms with Crippen LogP contribution in [-0.4, -0.2) is 9.91 Å². The molecule has 0 amide bonds. The zero-order chi connectivity index (χ0) is 21.1. The predicted molar refractivity (Wildman–Crippen MR) is 112 cm³/mol. The van der Waals surface area contributed by atoms with E-state index in [0.717, 1.165) is 5.56 Å². The fourth-order valence-electron chi connectivity index (χ4n) is 2.85. The number of para-hydroxylation sites is 1. The van der Waals surface area contributed by atoms with Gasteiger partial charge in [-0.25, -0.2) is 9.37 Å². The van der Waals surface area contributed by atoms with Gasteiger partial charge < -0.3 is 4.42 Å². The van der Waals surface area contributed by atoms with Gasteiger partial charge in [0.1, 0.15) is 28.4 Å².